The molecule has 1 aliphatic rings. The van der Waals surface area contributed by atoms with Crippen LogP contribution in [0.1, 0.15) is 5.69 Å². The standard InChI is InChI=1S/C7H8N2OS2/c10-4-9-3-1-2-5-6(9)12-7(11)8-5/h1-2,10H,3-4H2,(H,8,11). The minimum Gasteiger partial charge on any atom is -0.376 e. The number of anilines is 1. The van der Waals surface area contributed by atoms with E-state index >= 15 is 0 Å². The van der Waals surface area contributed by atoms with Crippen LogP contribution in [0.2, 0.25) is 0 Å². The Balaban J connectivity index is 2.51. The van der Waals surface area contributed by atoms with Gasteiger partial charge >= 0.3 is 0 Å². The Morgan fingerprint density at radius 2 is 2.58 bits per heavy atom. The summed E-state index contributed by atoms with van der Waals surface area (Å²) in [6.07, 6.45) is 3.99. The summed E-state index contributed by atoms with van der Waals surface area (Å²) in [5.41, 5.74) is 1.00. The summed E-state index contributed by atoms with van der Waals surface area (Å²) >= 11 is 6.50. The van der Waals surface area contributed by atoms with Crippen molar-refractivity contribution in [3.8, 4) is 0 Å². The second kappa shape index (κ2) is 3.01. The maximum absolute atomic E-state index is 9.00. The van der Waals surface area contributed by atoms with Gasteiger partial charge in [-0.1, -0.05) is 17.4 Å². The Morgan fingerprint density at radius 3 is 3.33 bits per heavy atom. The molecule has 1 aromatic rings. The lowest BCUT2D eigenvalue weighted by molar-refractivity contribution is 0.295. The van der Waals surface area contributed by atoms with Crippen LogP contribution in [0.4, 0.5) is 5.00 Å². The van der Waals surface area contributed by atoms with E-state index in [1.165, 1.54) is 11.3 Å². The lowest BCUT2D eigenvalue weighted by Crippen LogP contribution is -2.25. The van der Waals surface area contributed by atoms with Crippen molar-refractivity contribution >= 4 is 34.6 Å². The summed E-state index contributed by atoms with van der Waals surface area (Å²) in [7, 11) is 0. The van der Waals surface area contributed by atoms with Crippen LogP contribution in [0.5, 0.6) is 0 Å². The van der Waals surface area contributed by atoms with Gasteiger partial charge in [0.05, 0.1) is 5.69 Å². The summed E-state index contributed by atoms with van der Waals surface area (Å²) in [6, 6.07) is 0. The minimum atomic E-state index is 0.0421. The van der Waals surface area contributed by atoms with E-state index in [-0.39, 0.29) is 6.73 Å². The lowest BCUT2D eigenvalue weighted by Gasteiger charge is -2.21. The van der Waals surface area contributed by atoms with Crippen LogP contribution in [-0.2, 0) is 0 Å². The first kappa shape index (κ1) is 7.97. The number of aliphatic hydroxyl groups excluding tert-OH is 1. The molecule has 0 aliphatic carbocycles. The first-order valence-corrected chi connectivity index (χ1v) is 4.79. The molecular weight excluding hydrogens is 192 g/mol. The maximum atomic E-state index is 9.00. The van der Waals surface area contributed by atoms with Gasteiger partial charge in [-0.3, -0.25) is 0 Å². The third-order valence-electron chi connectivity index (χ3n) is 1.72. The number of aromatic nitrogens is 1. The van der Waals surface area contributed by atoms with Gasteiger partial charge in [0, 0.05) is 6.54 Å². The van der Waals surface area contributed by atoms with Crippen molar-refractivity contribution in [2.75, 3.05) is 18.2 Å². The zero-order valence-electron chi connectivity index (χ0n) is 6.28. The van der Waals surface area contributed by atoms with Crippen molar-refractivity contribution in [1.82, 2.24) is 4.98 Å². The van der Waals surface area contributed by atoms with Crippen molar-refractivity contribution < 1.29 is 5.11 Å². The van der Waals surface area contributed by atoms with E-state index in [1.807, 2.05) is 17.1 Å². The van der Waals surface area contributed by atoms with Crippen molar-refractivity contribution in [2.24, 2.45) is 0 Å². The molecule has 0 fully saturated rings. The molecule has 1 aromatic heterocycles. The largest absolute Gasteiger partial charge is 0.376 e. The Bertz CT molecular complexity index is 366. The predicted octanol–water partition coefficient (Wildman–Crippen LogP) is 1.59. The average molecular weight is 200 g/mol. The van der Waals surface area contributed by atoms with Gasteiger partial charge in [0.1, 0.15) is 11.7 Å². The molecule has 2 rings (SSSR count). The summed E-state index contributed by atoms with van der Waals surface area (Å²) in [5, 5.41) is 10.0. The van der Waals surface area contributed by atoms with E-state index < -0.39 is 0 Å². The summed E-state index contributed by atoms with van der Waals surface area (Å²) < 4.78 is 0.755. The number of hydrogen-bond acceptors (Lipinski definition) is 4. The molecule has 3 nitrogen and oxygen atoms in total. The Hall–Kier alpha value is -0.650. The number of aromatic amines is 1. The van der Waals surface area contributed by atoms with Crippen LogP contribution in [-0.4, -0.2) is 23.4 Å². The van der Waals surface area contributed by atoms with E-state index in [0.29, 0.717) is 0 Å². The van der Waals surface area contributed by atoms with E-state index in [0.717, 1.165) is 21.2 Å². The van der Waals surface area contributed by atoms with Crippen LogP contribution in [0.3, 0.4) is 0 Å². The molecule has 2 heterocycles. The molecule has 1 aliphatic heterocycles. The molecule has 0 saturated carbocycles. The molecule has 0 spiro atoms. The number of hydrogen-bond donors (Lipinski definition) is 2. The second-order valence-electron chi connectivity index (χ2n) is 2.50. The van der Waals surface area contributed by atoms with Crippen molar-refractivity contribution in [1.29, 1.82) is 0 Å². The fraction of sp³-hybridized carbons (Fsp3) is 0.286. The fourth-order valence-corrected chi connectivity index (χ4v) is 2.36. The highest BCUT2D eigenvalue weighted by molar-refractivity contribution is 7.73. The van der Waals surface area contributed by atoms with E-state index in [2.05, 4.69) is 4.98 Å². The topological polar surface area (TPSA) is 39.3 Å². The normalized spacial score (nSPS) is 14.9. The molecule has 64 valence electrons. The first-order valence-electron chi connectivity index (χ1n) is 3.56. The molecule has 0 radical (unpaired) electrons. The van der Waals surface area contributed by atoms with Crippen LogP contribution >= 0.6 is 23.6 Å². The van der Waals surface area contributed by atoms with Crippen LogP contribution in [0.25, 0.3) is 6.08 Å². The van der Waals surface area contributed by atoms with E-state index in [9.17, 15) is 0 Å². The number of rotatable bonds is 1. The van der Waals surface area contributed by atoms with E-state index in [1.54, 1.807) is 0 Å². The Labute approximate surface area is 79.0 Å². The zero-order valence-corrected chi connectivity index (χ0v) is 7.91. The number of aliphatic hydroxyl groups is 1. The van der Waals surface area contributed by atoms with Crippen molar-refractivity contribution in [2.45, 2.75) is 0 Å². The van der Waals surface area contributed by atoms with Gasteiger partial charge in [0.2, 0.25) is 0 Å². The molecule has 0 unspecified atom stereocenters. The fourth-order valence-electron chi connectivity index (χ4n) is 1.18. The van der Waals surface area contributed by atoms with Crippen molar-refractivity contribution in [3.05, 3.63) is 15.7 Å². The molecule has 12 heavy (non-hydrogen) atoms. The SMILES string of the molecule is OCN1CC=Cc2[nH]c(=S)sc21. The number of H-pyrrole nitrogens is 1. The van der Waals surface area contributed by atoms with Gasteiger partial charge in [0.15, 0.2) is 3.95 Å². The van der Waals surface area contributed by atoms with Crippen LogP contribution in [0, 0.1) is 3.95 Å². The monoisotopic (exact) mass is 200 g/mol. The summed E-state index contributed by atoms with van der Waals surface area (Å²) in [6.45, 7) is 0.799. The third-order valence-corrected chi connectivity index (χ3v) is 3.04. The summed E-state index contributed by atoms with van der Waals surface area (Å²) in [4.78, 5) is 4.92. The van der Waals surface area contributed by atoms with Gasteiger partial charge in [-0.15, -0.1) is 0 Å². The molecule has 0 saturated heterocycles. The molecule has 0 atom stereocenters. The average Bonchev–Trinajstić information content (AvgIpc) is 2.44. The second-order valence-corrected chi connectivity index (χ2v) is 4.17. The predicted molar refractivity (Wildman–Crippen MR) is 53.0 cm³/mol. The van der Waals surface area contributed by atoms with Crippen LogP contribution < -0.4 is 4.90 Å². The molecule has 2 N–H and O–H groups in total. The third kappa shape index (κ3) is 1.20. The van der Waals surface area contributed by atoms with Gasteiger partial charge in [-0.2, -0.15) is 0 Å². The van der Waals surface area contributed by atoms with E-state index in [4.69, 9.17) is 17.3 Å². The van der Waals surface area contributed by atoms with Crippen molar-refractivity contribution in [3.63, 3.8) is 0 Å². The minimum absolute atomic E-state index is 0.0421. The number of fused-ring (bicyclic) bond motifs is 1. The lowest BCUT2D eigenvalue weighted by atomic mass is 10.3. The smallest absolute Gasteiger partial charge is 0.160 e. The Kier molecular flexibility index (Phi) is 2.00. The molecule has 0 aromatic carbocycles. The molecule has 0 amide bonds. The number of thiazole rings is 1. The highest BCUT2D eigenvalue weighted by atomic mass is 32.1. The molecule has 5 heteroatoms. The molecule has 0 bridgehead atoms. The Morgan fingerprint density at radius 1 is 1.75 bits per heavy atom. The van der Waals surface area contributed by atoms with Gasteiger partial charge < -0.3 is 15.0 Å². The quantitative estimate of drug-likeness (QED) is 0.676. The van der Waals surface area contributed by atoms with Gasteiger partial charge in [-0.05, 0) is 18.3 Å². The zero-order chi connectivity index (χ0) is 8.55. The number of nitrogens with one attached hydrogen (secondary N) is 1. The molecular formula is C7H8N2OS2. The highest BCUT2D eigenvalue weighted by Gasteiger charge is 2.14. The maximum Gasteiger partial charge on any atom is 0.160 e. The summed E-state index contributed by atoms with van der Waals surface area (Å²) in [5.74, 6) is 0. The highest BCUT2D eigenvalue weighted by Crippen LogP contribution is 2.29. The van der Waals surface area contributed by atoms with Gasteiger partial charge in [0.25, 0.3) is 0 Å². The first-order chi connectivity index (χ1) is 5.81. The number of nitrogens with zero attached hydrogens (tertiary/aromatic N) is 1. The van der Waals surface area contributed by atoms with Gasteiger partial charge in [-0.25, -0.2) is 0 Å². The van der Waals surface area contributed by atoms with Crippen LogP contribution in [0.15, 0.2) is 6.08 Å².